The van der Waals surface area contributed by atoms with E-state index in [1.165, 1.54) is 11.8 Å². The van der Waals surface area contributed by atoms with E-state index in [9.17, 15) is 9.59 Å². The van der Waals surface area contributed by atoms with Crippen LogP contribution in [0, 0.1) is 0 Å². The van der Waals surface area contributed by atoms with Gasteiger partial charge in [-0.1, -0.05) is 29.8 Å². The van der Waals surface area contributed by atoms with Crippen LogP contribution in [0.3, 0.4) is 0 Å². The van der Waals surface area contributed by atoms with Gasteiger partial charge in [-0.25, -0.2) is 0 Å². The van der Waals surface area contributed by atoms with Crippen molar-refractivity contribution in [1.29, 1.82) is 0 Å². The lowest BCUT2D eigenvalue weighted by Crippen LogP contribution is -2.27. The fourth-order valence-corrected chi connectivity index (χ4v) is 3.57. The Hall–Kier alpha value is -2.83. The first-order valence-corrected chi connectivity index (χ1v) is 10.3. The number of thioether (sulfide) groups is 1. The molecule has 0 unspecified atom stereocenters. The average Bonchev–Trinajstić information content (AvgIpc) is 2.74. The van der Waals surface area contributed by atoms with E-state index >= 15 is 0 Å². The molecule has 0 aliphatic rings. The summed E-state index contributed by atoms with van der Waals surface area (Å²) in [5.41, 5.74) is 1.79. The molecule has 1 aromatic heterocycles. The SMILES string of the molecule is C[C@@H](Sc1ccc(Cl)cc1)C(=O)Nc1ccccc1C(=O)NCc1cccnc1. The fourth-order valence-electron chi connectivity index (χ4n) is 2.58. The number of hydrogen-bond donors (Lipinski definition) is 2. The van der Waals surface area contributed by atoms with Crippen LogP contribution in [0.4, 0.5) is 5.69 Å². The highest BCUT2D eigenvalue weighted by Crippen LogP contribution is 2.26. The van der Waals surface area contributed by atoms with Crippen molar-refractivity contribution in [2.45, 2.75) is 23.6 Å². The van der Waals surface area contributed by atoms with E-state index in [0.29, 0.717) is 22.8 Å². The summed E-state index contributed by atoms with van der Waals surface area (Å²) >= 11 is 7.32. The third kappa shape index (κ3) is 6.07. The van der Waals surface area contributed by atoms with Gasteiger partial charge in [0.1, 0.15) is 0 Å². The Labute approximate surface area is 178 Å². The lowest BCUT2D eigenvalue weighted by molar-refractivity contribution is -0.115. The van der Waals surface area contributed by atoms with Gasteiger partial charge in [0.15, 0.2) is 0 Å². The molecule has 3 rings (SSSR count). The zero-order valence-corrected chi connectivity index (χ0v) is 17.3. The molecule has 1 heterocycles. The summed E-state index contributed by atoms with van der Waals surface area (Å²) in [5, 5.41) is 6.02. The van der Waals surface area contributed by atoms with Gasteiger partial charge < -0.3 is 10.6 Å². The number of carbonyl (C=O) groups is 2. The van der Waals surface area contributed by atoms with Gasteiger partial charge in [-0.3, -0.25) is 14.6 Å². The quantitative estimate of drug-likeness (QED) is 0.534. The maximum atomic E-state index is 12.6. The third-order valence-electron chi connectivity index (χ3n) is 4.10. The minimum atomic E-state index is -0.345. The molecule has 0 saturated carbocycles. The minimum Gasteiger partial charge on any atom is -0.348 e. The first-order valence-electron chi connectivity index (χ1n) is 9.02. The summed E-state index contributed by atoms with van der Waals surface area (Å²) in [6.45, 7) is 2.18. The molecule has 0 aliphatic carbocycles. The number of aromatic nitrogens is 1. The number of pyridine rings is 1. The van der Waals surface area contributed by atoms with Crippen LogP contribution in [-0.2, 0) is 11.3 Å². The Morgan fingerprint density at radius 2 is 1.83 bits per heavy atom. The molecule has 3 aromatic rings. The Morgan fingerprint density at radius 1 is 1.07 bits per heavy atom. The minimum absolute atomic E-state index is 0.183. The van der Waals surface area contributed by atoms with Crippen molar-refractivity contribution < 1.29 is 9.59 Å². The van der Waals surface area contributed by atoms with E-state index in [0.717, 1.165) is 10.5 Å². The molecule has 2 N–H and O–H groups in total. The highest BCUT2D eigenvalue weighted by molar-refractivity contribution is 8.00. The van der Waals surface area contributed by atoms with Crippen LogP contribution in [0.1, 0.15) is 22.8 Å². The zero-order chi connectivity index (χ0) is 20.6. The molecule has 0 spiro atoms. The van der Waals surface area contributed by atoms with Crippen LogP contribution in [0.15, 0.2) is 78.0 Å². The number of halogens is 1. The second-order valence-electron chi connectivity index (χ2n) is 6.29. The van der Waals surface area contributed by atoms with E-state index in [4.69, 9.17) is 11.6 Å². The van der Waals surface area contributed by atoms with Gasteiger partial charge in [0.25, 0.3) is 5.91 Å². The fraction of sp³-hybridized carbons (Fsp3) is 0.136. The maximum Gasteiger partial charge on any atom is 0.253 e. The first kappa shape index (κ1) is 20.9. The molecule has 29 heavy (non-hydrogen) atoms. The van der Waals surface area contributed by atoms with Gasteiger partial charge in [-0.05, 0) is 55.0 Å². The third-order valence-corrected chi connectivity index (χ3v) is 5.47. The lowest BCUT2D eigenvalue weighted by Gasteiger charge is -2.15. The summed E-state index contributed by atoms with van der Waals surface area (Å²) < 4.78 is 0. The number of benzene rings is 2. The predicted octanol–water partition coefficient (Wildman–Crippen LogP) is 4.78. The monoisotopic (exact) mass is 425 g/mol. The normalized spacial score (nSPS) is 11.5. The number of hydrogen-bond acceptors (Lipinski definition) is 4. The molecule has 2 aromatic carbocycles. The Kier molecular flexibility index (Phi) is 7.27. The maximum absolute atomic E-state index is 12.6. The summed E-state index contributed by atoms with van der Waals surface area (Å²) in [5.74, 6) is -0.444. The van der Waals surface area contributed by atoms with Crippen molar-refractivity contribution in [2.75, 3.05) is 5.32 Å². The average molecular weight is 426 g/mol. The lowest BCUT2D eigenvalue weighted by atomic mass is 10.1. The largest absolute Gasteiger partial charge is 0.348 e. The van der Waals surface area contributed by atoms with Crippen LogP contribution < -0.4 is 10.6 Å². The molecule has 148 valence electrons. The smallest absolute Gasteiger partial charge is 0.253 e. The van der Waals surface area contributed by atoms with Gasteiger partial charge in [-0.2, -0.15) is 0 Å². The number of rotatable bonds is 7. The van der Waals surface area contributed by atoms with Crippen molar-refractivity contribution >= 4 is 40.9 Å². The van der Waals surface area contributed by atoms with E-state index < -0.39 is 0 Å². The number of para-hydroxylation sites is 1. The molecule has 0 aliphatic heterocycles. The van der Waals surface area contributed by atoms with Crippen LogP contribution in [-0.4, -0.2) is 22.0 Å². The van der Waals surface area contributed by atoms with Gasteiger partial charge in [0, 0.05) is 28.9 Å². The first-order chi connectivity index (χ1) is 14.0. The van der Waals surface area contributed by atoms with Gasteiger partial charge in [-0.15, -0.1) is 11.8 Å². The van der Waals surface area contributed by atoms with Crippen LogP contribution in [0.25, 0.3) is 0 Å². The van der Waals surface area contributed by atoms with Crippen LogP contribution >= 0.6 is 23.4 Å². The predicted molar refractivity (Wildman–Crippen MR) is 117 cm³/mol. The van der Waals surface area contributed by atoms with Gasteiger partial charge in [0.05, 0.1) is 16.5 Å². The summed E-state index contributed by atoms with van der Waals surface area (Å²) in [4.78, 5) is 30.2. The molecule has 2 amide bonds. The summed E-state index contributed by atoms with van der Waals surface area (Å²) in [7, 11) is 0. The highest BCUT2D eigenvalue weighted by Gasteiger charge is 2.18. The van der Waals surface area contributed by atoms with Crippen molar-refractivity contribution in [2.24, 2.45) is 0 Å². The van der Waals surface area contributed by atoms with E-state index in [1.807, 2.05) is 31.2 Å². The number of nitrogens with zero attached hydrogens (tertiary/aromatic N) is 1. The van der Waals surface area contributed by atoms with Crippen molar-refractivity contribution in [3.8, 4) is 0 Å². The van der Waals surface area contributed by atoms with Crippen molar-refractivity contribution in [3.63, 3.8) is 0 Å². The molecular formula is C22H20ClN3O2S. The van der Waals surface area contributed by atoms with E-state index in [2.05, 4.69) is 15.6 Å². The zero-order valence-electron chi connectivity index (χ0n) is 15.8. The molecule has 0 fully saturated rings. The molecule has 0 bridgehead atoms. The standard InChI is InChI=1S/C22H20ClN3O2S/c1-15(29-18-10-8-17(23)9-11-18)21(27)26-20-7-3-2-6-19(20)22(28)25-14-16-5-4-12-24-13-16/h2-13,15H,14H2,1H3,(H,25,28)(H,26,27)/t15-/m1/s1. The molecule has 0 saturated heterocycles. The molecule has 5 nitrogen and oxygen atoms in total. The number of nitrogens with one attached hydrogen (secondary N) is 2. The second kappa shape index (κ2) is 10.1. The number of anilines is 1. The molecule has 7 heteroatoms. The Bertz CT molecular complexity index is 981. The van der Waals surface area contributed by atoms with Crippen molar-refractivity contribution in [3.05, 3.63) is 89.2 Å². The van der Waals surface area contributed by atoms with Crippen LogP contribution in [0.5, 0.6) is 0 Å². The molecular weight excluding hydrogens is 406 g/mol. The van der Waals surface area contributed by atoms with E-state index in [-0.39, 0.29) is 17.1 Å². The van der Waals surface area contributed by atoms with Crippen molar-refractivity contribution in [1.82, 2.24) is 10.3 Å². The summed E-state index contributed by atoms with van der Waals surface area (Å²) in [6, 6.07) is 18.0. The Morgan fingerprint density at radius 3 is 2.55 bits per heavy atom. The van der Waals surface area contributed by atoms with Gasteiger partial charge >= 0.3 is 0 Å². The highest BCUT2D eigenvalue weighted by atomic mass is 35.5. The number of carbonyl (C=O) groups excluding carboxylic acids is 2. The Balaban J connectivity index is 1.63. The number of amides is 2. The second-order valence-corrected chi connectivity index (χ2v) is 8.14. The van der Waals surface area contributed by atoms with Crippen LogP contribution in [0.2, 0.25) is 5.02 Å². The van der Waals surface area contributed by atoms with E-state index in [1.54, 1.807) is 48.8 Å². The topological polar surface area (TPSA) is 71.1 Å². The molecule has 1 atom stereocenters. The molecule has 0 radical (unpaired) electrons. The summed E-state index contributed by atoms with van der Waals surface area (Å²) in [6.07, 6.45) is 3.38. The van der Waals surface area contributed by atoms with Gasteiger partial charge in [0.2, 0.25) is 5.91 Å².